The second-order valence-corrected chi connectivity index (χ2v) is 4.14. The van der Waals surface area contributed by atoms with Crippen molar-refractivity contribution in [2.24, 2.45) is 0 Å². The van der Waals surface area contributed by atoms with E-state index in [1.165, 1.54) is 0 Å². The number of aromatic nitrogens is 3. The van der Waals surface area contributed by atoms with Crippen molar-refractivity contribution in [2.75, 3.05) is 11.4 Å². The number of carbonyl (C=O) groups is 1. The summed E-state index contributed by atoms with van der Waals surface area (Å²) in [6.45, 7) is 0.738. The van der Waals surface area contributed by atoms with Gasteiger partial charge in [0.05, 0.1) is 18.1 Å². The molecule has 0 aliphatic carbocycles. The molecule has 90 valence electrons. The molecule has 2 aromatic rings. The zero-order valence-corrected chi connectivity index (χ0v) is 9.78. The minimum atomic E-state index is 0.126. The summed E-state index contributed by atoms with van der Waals surface area (Å²) in [4.78, 5) is 25.9. The average molecular weight is 240 g/mol. The summed E-state index contributed by atoms with van der Waals surface area (Å²) in [6.07, 6.45) is 8.28. The third-order valence-corrected chi connectivity index (χ3v) is 2.96. The smallest absolute Gasteiger partial charge is 0.228 e. The summed E-state index contributed by atoms with van der Waals surface area (Å²) in [5.41, 5.74) is 1.75. The highest BCUT2D eigenvalue weighted by Gasteiger charge is 2.22. The molecule has 5 nitrogen and oxygen atoms in total. The Morgan fingerprint density at radius 2 is 1.94 bits per heavy atom. The highest BCUT2D eigenvalue weighted by Crippen LogP contribution is 2.20. The zero-order valence-electron chi connectivity index (χ0n) is 9.78. The van der Waals surface area contributed by atoms with Crippen LogP contribution >= 0.6 is 0 Å². The van der Waals surface area contributed by atoms with Gasteiger partial charge >= 0.3 is 0 Å². The Balaban J connectivity index is 1.87. The van der Waals surface area contributed by atoms with Crippen molar-refractivity contribution in [1.82, 2.24) is 15.0 Å². The van der Waals surface area contributed by atoms with Crippen molar-refractivity contribution in [3.05, 3.63) is 36.9 Å². The molecular formula is C13H12N4O. The van der Waals surface area contributed by atoms with Crippen molar-refractivity contribution in [1.29, 1.82) is 0 Å². The third kappa shape index (κ3) is 1.95. The molecule has 1 aliphatic rings. The lowest BCUT2D eigenvalue weighted by atomic mass is 10.2. The summed E-state index contributed by atoms with van der Waals surface area (Å²) in [6, 6.07) is 3.76. The SMILES string of the molecule is O=C1CCCN1c1cnc(-c2ccncc2)cn1. The maximum absolute atomic E-state index is 11.6. The van der Waals surface area contributed by atoms with Crippen LogP contribution in [0, 0.1) is 0 Å². The van der Waals surface area contributed by atoms with Crippen LogP contribution < -0.4 is 4.90 Å². The number of hydrogen-bond acceptors (Lipinski definition) is 4. The third-order valence-electron chi connectivity index (χ3n) is 2.96. The summed E-state index contributed by atoms with van der Waals surface area (Å²) in [5.74, 6) is 0.760. The van der Waals surface area contributed by atoms with Gasteiger partial charge < -0.3 is 0 Å². The topological polar surface area (TPSA) is 59.0 Å². The average Bonchev–Trinajstić information content (AvgIpc) is 2.86. The van der Waals surface area contributed by atoms with E-state index < -0.39 is 0 Å². The van der Waals surface area contributed by atoms with E-state index in [1.807, 2.05) is 12.1 Å². The van der Waals surface area contributed by atoms with Gasteiger partial charge in [-0.1, -0.05) is 0 Å². The summed E-state index contributed by atoms with van der Waals surface area (Å²) in [5, 5.41) is 0. The molecule has 2 aromatic heterocycles. The van der Waals surface area contributed by atoms with E-state index in [-0.39, 0.29) is 5.91 Å². The fourth-order valence-electron chi connectivity index (χ4n) is 2.02. The second-order valence-electron chi connectivity index (χ2n) is 4.14. The largest absolute Gasteiger partial charge is 0.296 e. The van der Waals surface area contributed by atoms with Crippen LogP contribution in [0.4, 0.5) is 5.82 Å². The molecule has 1 aliphatic heterocycles. The lowest BCUT2D eigenvalue weighted by Gasteiger charge is -2.13. The van der Waals surface area contributed by atoms with E-state index in [4.69, 9.17) is 0 Å². The molecule has 0 N–H and O–H groups in total. The number of rotatable bonds is 2. The Hall–Kier alpha value is -2.30. The van der Waals surface area contributed by atoms with Crippen molar-refractivity contribution in [3.8, 4) is 11.3 Å². The number of nitrogens with zero attached hydrogens (tertiary/aromatic N) is 4. The fraction of sp³-hybridized carbons (Fsp3) is 0.231. The molecular weight excluding hydrogens is 228 g/mol. The molecule has 1 amide bonds. The molecule has 0 bridgehead atoms. The molecule has 0 atom stereocenters. The van der Waals surface area contributed by atoms with E-state index in [2.05, 4.69) is 15.0 Å². The molecule has 1 saturated heterocycles. The van der Waals surface area contributed by atoms with E-state index >= 15 is 0 Å². The minimum Gasteiger partial charge on any atom is -0.296 e. The number of carbonyl (C=O) groups excluding carboxylic acids is 1. The molecule has 0 unspecified atom stereocenters. The maximum atomic E-state index is 11.6. The van der Waals surface area contributed by atoms with Crippen LogP contribution in [0.2, 0.25) is 0 Å². The predicted octanol–water partition coefficient (Wildman–Crippen LogP) is 1.67. The Labute approximate surface area is 105 Å². The van der Waals surface area contributed by atoms with Crippen molar-refractivity contribution in [2.45, 2.75) is 12.8 Å². The first-order valence-corrected chi connectivity index (χ1v) is 5.87. The number of pyridine rings is 1. The summed E-state index contributed by atoms with van der Waals surface area (Å²) >= 11 is 0. The van der Waals surface area contributed by atoms with Gasteiger partial charge in [-0.3, -0.25) is 19.7 Å². The second kappa shape index (κ2) is 4.52. The minimum absolute atomic E-state index is 0.126. The summed E-state index contributed by atoms with van der Waals surface area (Å²) < 4.78 is 0. The maximum Gasteiger partial charge on any atom is 0.228 e. The van der Waals surface area contributed by atoms with Gasteiger partial charge in [0.2, 0.25) is 5.91 Å². The Kier molecular flexibility index (Phi) is 2.72. The van der Waals surface area contributed by atoms with Gasteiger partial charge in [0, 0.05) is 30.9 Å². The number of anilines is 1. The molecule has 1 fully saturated rings. The van der Waals surface area contributed by atoms with Crippen LogP contribution in [0.25, 0.3) is 11.3 Å². The van der Waals surface area contributed by atoms with Crippen LogP contribution in [0.15, 0.2) is 36.9 Å². The first kappa shape index (κ1) is 10.8. The monoisotopic (exact) mass is 240 g/mol. The van der Waals surface area contributed by atoms with Crippen molar-refractivity contribution in [3.63, 3.8) is 0 Å². The van der Waals surface area contributed by atoms with Crippen molar-refractivity contribution < 1.29 is 4.79 Å². The van der Waals surface area contributed by atoms with Gasteiger partial charge in [0.1, 0.15) is 0 Å². The highest BCUT2D eigenvalue weighted by atomic mass is 16.2. The van der Waals surface area contributed by atoms with Gasteiger partial charge in [0.25, 0.3) is 0 Å². The molecule has 18 heavy (non-hydrogen) atoms. The Morgan fingerprint density at radius 1 is 1.11 bits per heavy atom. The first-order valence-electron chi connectivity index (χ1n) is 5.87. The quantitative estimate of drug-likeness (QED) is 0.801. The van der Waals surface area contributed by atoms with E-state index in [0.29, 0.717) is 12.2 Å². The predicted molar refractivity (Wildman–Crippen MR) is 66.9 cm³/mol. The Morgan fingerprint density at radius 3 is 2.56 bits per heavy atom. The highest BCUT2D eigenvalue weighted by molar-refractivity contribution is 5.94. The van der Waals surface area contributed by atoms with Gasteiger partial charge in [-0.15, -0.1) is 0 Å². The lowest BCUT2D eigenvalue weighted by molar-refractivity contribution is -0.117. The number of amides is 1. The van der Waals surface area contributed by atoms with E-state index in [0.717, 1.165) is 24.2 Å². The lowest BCUT2D eigenvalue weighted by Crippen LogP contribution is -2.24. The van der Waals surface area contributed by atoms with E-state index in [1.54, 1.807) is 29.7 Å². The van der Waals surface area contributed by atoms with Gasteiger partial charge in [-0.2, -0.15) is 0 Å². The molecule has 0 radical (unpaired) electrons. The van der Waals surface area contributed by atoms with Gasteiger partial charge in [-0.25, -0.2) is 4.98 Å². The molecule has 5 heteroatoms. The van der Waals surface area contributed by atoms with Crippen LogP contribution in [0.5, 0.6) is 0 Å². The molecule has 3 rings (SSSR count). The fourth-order valence-corrected chi connectivity index (χ4v) is 2.02. The normalized spacial score (nSPS) is 15.1. The van der Waals surface area contributed by atoms with Crippen LogP contribution in [-0.2, 0) is 4.79 Å². The van der Waals surface area contributed by atoms with Gasteiger partial charge in [0.15, 0.2) is 5.82 Å². The Bertz CT molecular complexity index is 553. The molecule has 0 saturated carbocycles. The summed E-state index contributed by atoms with van der Waals surface area (Å²) in [7, 11) is 0. The van der Waals surface area contributed by atoms with Crippen LogP contribution in [-0.4, -0.2) is 27.4 Å². The zero-order chi connectivity index (χ0) is 12.4. The van der Waals surface area contributed by atoms with Gasteiger partial charge in [-0.05, 0) is 18.6 Å². The van der Waals surface area contributed by atoms with E-state index in [9.17, 15) is 4.79 Å². The molecule has 3 heterocycles. The van der Waals surface area contributed by atoms with Crippen molar-refractivity contribution >= 4 is 11.7 Å². The first-order chi connectivity index (χ1) is 8.84. The van der Waals surface area contributed by atoms with Crippen LogP contribution in [0.3, 0.4) is 0 Å². The molecule has 0 spiro atoms. The standard InChI is InChI=1S/C13H12N4O/c18-13-2-1-7-17(13)12-9-15-11(8-16-12)10-3-5-14-6-4-10/h3-6,8-9H,1-2,7H2. The van der Waals surface area contributed by atoms with Crippen LogP contribution in [0.1, 0.15) is 12.8 Å². The molecule has 0 aromatic carbocycles. The number of hydrogen-bond donors (Lipinski definition) is 0.